The van der Waals surface area contributed by atoms with E-state index in [0.717, 1.165) is 24.9 Å². The van der Waals surface area contributed by atoms with E-state index in [4.69, 9.17) is 9.47 Å². The van der Waals surface area contributed by atoms with Crippen molar-refractivity contribution in [2.45, 2.75) is 57.6 Å². The Morgan fingerprint density at radius 1 is 1.21 bits per heavy atom. The lowest BCUT2D eigenvalue weighted by Gasteiger charge is -2.60. The number of rotatable bonds is 2. The number of hydrogen-bond acceptors (Lipinski definition) is 5. The van der Waals surface area contributed by atoms with Crippen LogP contribution in [0.2, 0.25) is 0 Å². The third-order valence-electron chi connectivity index (χ3n) is 5.93. The predicted octanol–water partition coefficient (Wildman–Crippen LogP) is 2.45. The van der Waals surface area contributed by atoms with Crippen LogP contribution < -0.4 is 4.74 Å². The highest BCUT2D eigenvalue weighted by Gasteiger charge is 2.60. The molecule has 130 valence electrons. The molecule has 3 atom stereocenters. The van der Waals surface area contributed by atoms with Crippen LogP contribution in [0.15, 0.2) is 18.2 Å². The van der Waals surface area contributed by atoms with Gasteiger partial charge in [0.2, 0.25) is 0 Å². The van der Waals surface area contributed by atoms with Gasteiger partial charge in [0.05, 0.1) is 6.04 Å². The van der Waals surface area contributed by atoms with Gasteiger partial charge in [-0.1, -0.05) is 13.0 Å². The van der Waals surface area contributed by atoms with Gasteiger partial charge in [-0.25, -0.2) is 0 Å². The molecule has 1 unspecified atom stereocenters. The van der Waals surface area contributed by atoms with Crippen LogP contribution in [0.4, 0.5) is 0 Å². The molecule has 0 radical (unpaired) electrons. The van der Waals surface area contributed by atoms with Crippen LogP contribution in [0.1, 0.15) is 45.2 Å². The third-order valence-corrected chi connectivity index (χ3v) is 5.93. The van der Waals surface area contributed by atoms with Crippen molar-refractivity contribution in [3.05, 3.63) is 29.3 Å². The first-order chi connectivity index (χ1) is 11.2. The molecule has 0 spiro atoms. The molecule has 0 aromatic heterocycles. The van der Waals surface area contributed by atoms with E-state index in [-0.39, 0.29) is 23.4 Å². The van der Waals surface area contributed by atoms with Crippen molar-refractivity contribution in [1.29, 1.82) is 0 Å². The minimum absolute atomic E-state index is 0.132. The fraction of sp³-hybridized carbons (Fsp3) is 0.579. The lowest BCUT2D eigenvalue weighted by molar-refractivity contribution is -0.185. The van der Waals surface area contributed by atoms with E-state index >= 15 is 0 Å². The zero-order valence-electron chi connectivity index (χ0n) is 15.0. The van der Waals surface area contributed by atoms with Crippen LogP contribution in [-0.2, 0) is 26.2 Å². The van der Waals surface area contributed by atoms with Crippen molar-refractivity contribution in [2.24, 2.45) is 0 Å². The van der Waals surface area contributed by atoms with Gasteiger partial charge in [0.15, 0.2) is 0 Å². The predicted molar refractivity (Wildman–Crippen MR) is 90.0 cm³/mol. The lowest BCUT2D eigenvalue weighted by atomic mass is 9.56. The van der Waals surface area contributed by atoms with Crippen molar-refractivity contribution < 1.29 is 19.1 Å². The Kier molecular flexibility index (Phi) is 3.95. The highest BCUT2D eigenvalue weighted by atomic mass is 16.6. The Hall–Kier alpha value is -1.88. The van der Waals surface area contributed by atoms with Crippen molar-refractivity contribution in [3.8, 4) is 5.75 Å². The number of hydrogen-bond donors (Lipinski definition) is 0. The third kappa shape index (κ3) is 2.42. The Bertz CT molecular complexity index is 701. The molecule has 0 N–H and O–H groups in total. The summed E-state index contributed by atoms with van der Waals surface area (Å²) >= 11 is 0. The highest BCUT2D eigenvalue weighted by Crippen LogP contribution is 2.53. The zero-order chi connectivity index (χ0) is 17.7. The molecule has 1 fully saturated rings. The molecular weight excluding hydrogens is 306 g/mol. The first-order valence-electron chi connectivity index (χ1n) is 8.39. The summed E-state index contributed by atoms with van der Waals surface area (Å²) in [5.41, 5.74) is 1.41. The van der Waals surface area contributed by atoms with E-state index in [0.29, 0.717) is 5.75 Å². The molecule has 0 amide bonds. The second-order valence-electron chi connectivity index (χ2n) is 7.40. The van der Waals surface area contributed by atoms with E-state index in [1.165, 1.54) is 19.4 Å². The monoisotopic (exact) mass is 331 g/mol. The fourth-order valence-corrected chi connectivity index (χ4v) is 4.51. The van der Waals surface area contributed by atoms with E-state index in [1.807, 2.05) is 25.1 Å². The van der Waals surface area contributed by atoms with Crippen LogP contribution in [-0.4, -0.2) is 42.1 Å². The highest BCUT2D eigenvalue weighted by molar-refractivity contribution is 5.70. The average Bonchev–Trinajstić information content (AvgIpc) is 2.46. The second-order valence-corrected chi connectivity index (χ2v) is 7.40. The molecule has 1 aromatic rings. The molecule has 3 rings (SSSR count). The van der Waals surface area contributed by atoms with Gasteiger partial charge in [-0.2, -0.15) is 0 Å². The summed E-state index contributed by atoms with van der Waals surface area (Å²) < 4.78 is 11.2. The van der Waals surface area contributed by atoms with Crippen LogP contribution in [0.5, 0.6) is 5.75 Å². The number of likely N-dealkylation sites (N-methyl/N-ethyl adjacent to an activating group) is 1. The summed E-state index contributed by atoms with van der Waals surface area (Å²) in [5.74, 6) is -0.0476. The molecule has 5 nitrogen and oxygen atoms in total. The lowest BCUT2D eigenvalue weighted by Crippen LogP contribution is -2.69. The number of nitrogens with zero attached hydrogens (tertiary/aromatic N) is 1. The topological polar surface area (TPSA) is 55.8 Å². The minimum Gasteiger partial charge on any atom is -0.457 e. The standard InChI is InChI=1S/C19H25NO4/c1-12(21)23-15-7-6-14-10-17-19(4,24-13(2)22)18(3,16(14)11-15)8-9-20(17)5/h6-7,11,17H,8-10H2,1-5H3/t17?,18-,19+/m1/s1. The van der Waals surface area contributed by atoms with Gasteiger partial charge in [-0.15, -0.1) is 0 Å². The van der Waals surface area contributed by atoms with Gasteiger partial charge in [0.1, 0.15) is 11.4 Å². The van der Waals surface area contributed by atoms with Gasteiger partial charge in [-0.05, 0) is 56.6 Å². The molecule has 1 aliphatic heterocycles. The van der Waals surface area contributed by atoms with Gasteiger partial charge >= 0.3 is 11.9 Å². The maximum atomic E-state index is 11.8. The maximum Gasteiger partial charge on any atom is 0.308 e. The zero-order valence-corrected chi connectivity index (χ0v) is 15.0. The molecule has 0 saturated carbocycles. The first kappa shape index (κ1) is 17.0. The van der Waals surface area contributed by atoms with Gasteiger partial charge < -0.3 is 9.47 Å². The summed E-state index contributed by atoms with van der Waals surface area (Å²) in [6.07, 6.45) is 1.69. The Balaban J connectivity index is 2.14. The maximum absolute atomic E-state index is 11.8. The number of likely N-dealkylation sites (tertiary alicyclic amines) is 1. The van der Waals surface area contributed by atoms with E-state index in [2.05, 4.69) is 18.9 Å². The minimum atomic E-state index is -0.617. The van der Waals surface area contributed by atoms with Crippen molar-refractivity contribution in [1.82, 2.24) is 4.90 Å². The molecule has 1 aromatic carbocycles. The average molecular weight is 331 g/mol. The number of esters is 2. The largest absolute Gasteiger partial charge is 0.457 e. The van der Waals surface area contributed by atoms with E-state index < -0.39 is 5.60 Å². The molecule has 1 saturated heterocycles. The van der Waals surface area contributed by atoms with Crippen LogP contribution in [0.3, 0.4) is 0 Å². The molecule has 24 heavy (non-hydrogen) atoms. The molecule has 5 heteroatoms. The van der Waals surface area contributed by atoms with Gasteiger partial charge in [0, 0.05) is 19.3 Å². The quantitative estimate of drug-likeness (QED) is 0.615. The number of ether oxygens (including phenoxy) is 2. The fourth-order valence-electron chi connectivity index (χ4n) is 4.51. The number of carbonyl (C=O) groups is 2. The first-order valence-corrected chi connectivity index (χ1v) is 8.39. The van der Waals surface area contributed by atoms with Crippen molar-refractivity contribution >= 4 is 11.9 Å². The van der Waals surface area contributed by atoms with E-state index in [1.54, 1.807) is 0 Å². The number of fused-ring (bicyclic) bond motifs is 4. The van der Waals surface area contributed by atoms with Gasteiger partial charge in [-0.3, -0.25) is 14.5 Å². The molecule has 1 heterocycles. The summed E-state index contributed by atoms with van der Waals surface area (Å²) in [6, 6.07) is 5.95. The second kappa shape index (κ2) is 5.59. The normalized spacial score (nSPS) is 32.0. The number of piperidine rings is 1. The summed E-state index contributed by atoms with van der Waals surface area (Å²) in [6.45, 7) is 8.00. The van der Waals surface area contributed by atoms with Gasteiger partial charge in [0.25, 0.3) is 0 Å². The Labute approximate surface area is 142 Å². The summed E-state index contributed by atoms with van der Waals surface area (Å²) in [5, 5.41) is 0. The summed E-state index contributed by atoms with van der Waals surface area (Å²) in [4.78, 5) is 25.4. The van der Waals surface area contributed by atoms with Crippen LogP contribution in [0.25, 0.3) is 0 Å². The molecule has 2 bridgehead atoms. The smallest absolute Gasteiger partial charge is 0.308 e. The number of carbonyl (C=O) groups excluding carboxylic acids is 2. The number of benzene rings is 1. The molecule has 2 aliphatic rings. The Morgan fingerprint density at radius 2 is 1.92 bits per heavy atom. The molecular formula is C19H25NO4. The molecule has 1 aliphatic carbocycles. The summed E-state index contributed by atoms with van der Waals surface area (Å²) in [7, 11) is 2.09. The van der Waals surface area contributed by atoms with Crippen LogP contribution in [0, 0.1) is 0 Å². The SMILES string of the molecule is CC(=O)Oc1ccc2c(c1)[C@@]1(C)CCN(C)C(C2)[C@]1(C)OC(C)=O. The van der Waals surface area contributed by atoms with Crippen LogP contribution >= 0.6 is 0 Å². The Morgan fingerprint density at radius 3 is 2.54 bits per heavy atom. The van der Waals surface area contributed by atoms with Crippen molar-refractivity contribution in [3.63, 3.8) is 0 Å². The van der Waals surface area contributed by atoms with Crippen molar-refractivity contribution in [2.75, 3.05) is 13.6 Å². The van der Waals surface area contributed by atoms with E-state index in [9.17, 15) is 9.59 Å².